The molecular weight excluding hydrogens is 205 g/mol. The highest BCUT2D eigenvalue weighted by Gasteiger charge is 2.30. The molecule has 3 nitrogen and oxygen atoms in total. The maximum absolute atomic E-state index is 14.0. The van der Waals surface area contributed by atoms with Gasteiger partial charge < -0.3 is 5.73 Å². The lowest BCUT2D eigenvalue weighted by atomic mass is 10.1. The maximum atomic E-state index is 14.0. The smallest absolute Gasteiger partial charge is 0.163 e. The Balaban J connectivity index is 3.10. The van der Waals surface area contributed by atoms with Gasteiger partial charge >= 0.3 is 0 Å². The standard InChI is InChI=1S/C9H15ClFN3/c1-3-4-14-8(7(10)5-13-14)9(2,11)6-12/h5H,3-4,6,12H2,1-2H3. The summed E-state index contributed by atoms with van der Waals surface area (Å²) in [6, 6.07) is 0. The van der Waals surface area contributed by atoms with Crippen molar-refractivity contribution < 1.29 is 4.39 Å². The molecule has 0 saturated carbocycles. The molecule has 0 aliphatic rings. The van der Waals surface area contributed by atoms with E-state index in [2.05, 4.69) is 5.10 Å². The van der Waals surface area contributed by atoms with Gasteiger partial charge in [0.2, 0.25) is 0 Å². The van der Waals surface area contributed by atoms with E-state index in [9.17, 15) is 4.39 Å². The van der Waals surface area contributed by atoms with E-state index in [0.29, 0.717) is 17.3 Å². The second-order valence-corrected chi connectivity index (χ2v) is 3.87. The van der Waals surface area contributed by atoms with Crippen molar-refractivity contribution in [2.75, 3.05) is 6.54 Å². The molecule has 80 valence electrons. The van der Waals surface area contributed by atoms with E-state index in [-0.39, 0.29) is 6.54 Å². The van der Waals surface area contributed by atoms with E-state index < -0.39 is 5.67 Å². The van der Waals surface area contributed by atoms with Crippen molar-refractivity contribution in [1.29, 1.82) is 0 Å². The second kappa shape index (κ2) is 4.28. The van der Waals surface area contributed by atoms with E-state index >= 15 is 0 Å². The van der Waals surface area contributed by atoms with Crippen LogP contribution in [0.15, 0.2) is 6.20 Å². The lowest BCUT2D eigenvalue weighted by molar-refractivity contribution is 0.186. The largest absolute Gasteiger partial charge is 0.327 e. The van der Waals surface area contributed by atoms with Crippen molar-refractivity contribution in [2.45, 2.75) is 32.5 Å². The zero-order chi connectivity index (χ0) is 10.8. The lowest BCUT2D eigenvalue weighted by Crippen LogP contribution is -2.30. The van der Waals surface area contributed by atoms with Crippen molar-refractivity contribution >= 4 is 11.6 Å². The third kappa shape index (κ3) is 2.07. The van der Waals surface area contributed by atoms with Crippen molar-refractivity contribution in [3.05, 3.63) is 16.9 Å². The molecule has 2 N–H and O–H groups in total. The zero-order valence-electron chi connectivity index (χ0n) is 8.43. The van der Waals surface area contributed by atoms with Crippen molar-refractivity contribution in [3.63, 3.8) is 0 Å². The lowest BCUT2D eigenvalue weighted by Gasteiger charge is -2.20. The summed E-state index contributed by atoms with van der Waals surface area (Å²) in [6.45, 7) is 3.98. The Hall–Kier alpha value is -0.610. The predicted octanol–water partition coefficient (Wildman–Crippen LogP) is 2.09. The fourth-order valence-electron chi connectivity index (χ4n) is 1.36. The van der Waals surface area contributed by atoms with Crippen LogP contribution < -0.4 is 5.73 Å². The van der Waals surface area contributed by atoms with Gasteiger partial charge in [-0.15, -0.1) is 0 Å². The van der Waals surface area contributed by atoms with Gasteiger partial charge in [0.25, 0.3) is 0 Å². The molecule has 0 radical (unpaired) electrons. The number of halogens is 2. The quantitative estimate of drug-likeness (QED) is 0.843. The molecule has 5 heteroatoms. The van der Waals surface area contributed by atoms with Gasteiger partial charge in [0.05, 0.1) is 16.9 Å². The first-order valence-electron chi connectivity index (χ1n) is 4.63. The summed E-state index contributed by atoms with van der Waals surface area (Å²) in [6.07, 6.45) is 2.34. The number of aromatic nitrogens is 2. The van der Waals surface area contributed by atoms with Gasteiger partial charge in [0.1, 0.15) is 0 Å². The van der Waals surface area contributed by atoms with Crippen molar-refractivity contribution in [3.8, 4) is 0 Å². The highest BCUT2D eigenvalue weighted by atomic mass is 35.5. The van der Waals surface area contributed by atoms with Crippen LogP contribution in [0.4, 0.5) is 4.39 Å². The molecule has 0 saturated heterocycles. The molecule has 14 heavy (non-hydrogen) atoms. The maximum Gasteiger partial charge on any atom is 0.163 e. The Labute approximate surface area is 88.0 Å². The summed E-state index contributed by atoms with van der Waals surface area (Å²) in [5, 5.41) is 4.35. The van der Waals surface area contributed by atoms with Crippen LogP contribution in [-0.2, 0) is 12.2 Å². The monoisotopic (exact) mass is 219 g/mol. The molecule has 0 aromatic carbocycles. The van der Waals surface area contributed by atoms with Crippen molar-refractivity contribution in [1.82, 2.24) is 9.78 Å². The molecule has 1 rings (SSSR count). The van der Waals surface area contributed by atoms with Crippen LogP contribution in [0.2, 0.25) is 5.02 Å². The van der Waals surface area contributed by atoms with Crippen LogP contribution in [0.25, 0.3) is 0 Å². The number of nitrogens with zero attached hydrogens (tertiary/aromatic N) is 2. The number of rotatable bonds is 4. The van der Waals surface area contributed by atoms with E-state index in [1.165, 1.54) is 13.1 Å². The van der Waals surface area contributed by atoms with Gasteiger partial charge in [-0.2, -0.15) is 5.10 Å². The molecule has 1 atom stereocenters. The number of hydrogen-bond acceptors (Lipinski definition) is 2. The van der Waals surface area contributed by atoms with E-state index in [1.54, 1.807) is 4.68 Å². The zero-order valence-corrected chi connectivity index (χ0v) is 9.18. The Morgan fingerprint density at radius 3 is 2.86 bits per heavy atom. The summed E-state index contributed by atoms with van der Waals surface area (Å²) >= 11 is 5.87. The summed E-state index contributed by atoms with van der Waals surface area (Å²) in [4.78, 5) is 0. The molecule has 0 aliphatic heterocycles. The molecule has 0 spiro atoms. The normalized spacial score (nSPS) is 15.5. The van der Waals surface area contributed by atoms with Crippen LogP contribution in [0.1, 0.15) is 26.0 Å². The minimum atomic E-state index is -1.61. The molecule has 0 amide bonds. The molecule has 0 bridgehead atoms. The SMILES string of the molecule is CCCn1ncc(Cl)c1C(C)(F)CN. The first-order chi connectivity index (χ1) is 6.53. The molecule has 1 heterocycles. The molecule has 1 aromatic rings. The minimum Gasteiger partial charge on any atom is -0.327 e. The predicted molar refractivity (Wildman–Crippen MR) is 55.0 cm³/mol. The topological polar surface area (TPSA) is 43.8 Å². The molecule has 1 unspecified atom stereocenters. The first-order valence-corrected chi connectivity index (χ1v) is 5.01. The van der Waals surface area contributed by atoms with E-state index in [4.69, 9.17) is 17.3 Å². The summed E-state index contributed by atoms with van der Waals surface area (Å²) in [5.74, 6) is 0. The minimum absolute atomic E-state index is 0.0951. The average Bonchev–Trinajstić information content (AvgIpc) is 2.48. The fraction of sp³-hybridized carbons (Fsp3) is 0.667. The van der Waals surface area contributed by atoms with Gasteiger partial charge in [-0.1, -0.05) is 18.5 Å². The van der Waals surface area contributed by atoms with E-state index in [1.807, 2.05) is 6.92 Å². The van der Waals surface area contributed by atoms with Crippen LogP contribution in [-0.4, -0.2) is 16.3 Å². The van der Waals surface area contributed by atoms with Crippen LogP contribution >= 0.6 is 11.6 Å². The van der Waals surface area contributed by atoms with Gasteiger partial charge in [0.15, 0.2) is 5.67 Å². The Bertz CT molecular complexity index is 309. The summed E-state index contributed by atoms with van der Waals surface area (Å²) < 4.78 is 15.5. The number of aryl methyl sites for hydroxylation is 1. The van der Waals surface area contributed by atoms with Crippen LogP contribution in [0.3, 0.4) is 0 Å². The van der Waals surface area contributed by atoms with Crippen LogP contribution in [0, 0.1) is 0 Å². The van der Waals surface area contributed by atoms with Gasteiger partial charge in [-0.3, -0.25) is 4.68 Å². The second-order valence-electron chi connectivity index (χ2n) is 3.47. The molecule has 1 aromatic heterocycles. The Morgan fingerprint density at radius 1 is 1.71 bits per heavy atom. The summed E-state index contributed by atoms with van der Waals surface area (Å²) in [5.41, 5.74) is 4.13. The fourth-order valence-corrected chi connectivity index (χ4v) is 1.70. The Morgan fingerprint density at radius 2 is 2.36 bits per heavy atom. The van der Waals surface area contributed by atoms with E-state index in [0.717, 1.165) is 6.42 Å². The highest BCUT2D eigenvalue weighted by Crippen LogP contribution is 2.30. The summed E-state index contributed by atoms with van der Waals surface area (Å²) in [7, 11) is 0. The van der Waals surface area contributed by atoms with Crippen LogP contribution in [0.5, 0.6) is 0 Å². The number of hydrogen-bond donors (Lipinski definition) is 1. The third-order valence-electron chi connectivity index (χ3n) is 2.11. The Kier molecular flexibility index (Phi) is 3.50. The number of nitrogens with two attached hydrogens (primary N) is 1. The average molecular weight is 220 g/mol. The molecule has 0 aliphatic carbocycles. The van der Waals surface area contributed by atoms with Crippen molar-refractivity contribution in [2.24, 2.45) is 5.73 Å². The van der Waals surface area contributed by atoms with Gasteiger partial charge in [-0.05, 0) is 13.3 Å². The number of alkyl halides is 1. The highest BCUT2D eigenvalue weighted by molar-refractivity contribution is 6.31. The molecule has 0 fully saturated rings. The molecular formula is C9H15ClFN3. The first kappa shape index (κ1) is 11.5. The van der Waals surface area contributed by atoms with Gasteiger partial charge in [0, 0.05) is 13.1 Å². The van der Waals surface area contributed by atoms with Gasteiger partial charge in [-0.25, -0.2) is 4.39 Å². The third-order valence-corrected chi connectivity index (χ3v) is 2.38.